The lowest BCUT2D eigenvalue weighted by atomic mass is 10.1. The van der Waals surface area contributed by atoms with E-state index in [2.05, 4.69) is 5.32 Å². The Morgan fingerprint density at radius 3 is 2.45 bits per heavy atom. The van der Waals surface area contributed by atoms with Crippen molar-refractivity contribution in [3.05, 3.63) is 65.7 Å². The van der Waals surface area contributed by atoms with E-state index in [0.29, 0.717) is 24.7 Å². The van der Waals surface area contributed by atoms with E-state index in [0.717, 1.165) is 23.4 Å². The van der Waals surface area contributed by atoms with E-state index in [1.165, 1.54) is 11.6 Å². The number of aliphatic hydroxyl groups is 1. The van der Waals surface area contributed by atoms with Crippen molar-refractivity contribution in [2.75, 3.05) is 24.7 Å². The Morgan fingerprint density at radius 1 is 1.14 bits per heavy atom. The van der Waals surface area contributed by atoms with Crippen LogP contribution in [-0.4, -0.2) is 35.9 Å². The van der Waals surface area contributed by atoms with Gasteiger partial charge in [-0.1, -0.05) is 29.8 Å². The summed E-state index contributed by atoms with van der Waals surface area (Å²) in [4.78, 5) is 14.2. The highest BCUT2D eigenvalue weighted by molar-refractivity contribution is 7.80. The second-order valence-corrected chi connectivity index (χ2v) is 6.93. The maximum absolute atomic E-state index is 12.3. The van der Waals surface area contributed by atoms with Gasteiger partial charge in [-0.15, -0.1) is 0 Å². The molecule has 6 heteroatoms. The number of unbranched alkanes of at least 4 members (excludes halogenated alkanes) is 1. The molecule has 0 bridgehead atoms. The highest BCUT2D eigenvalue weighted by atomic mass is 32.1. The van der Waals surface area contributed by atoms with Crippen LogP contribution in [0.3, 0.4) is 0 Å². The second kappa shape index (κ2) is 12.0. The molecule has 0 aliphatic heterocycles. The second-order valence-electron chi connectivity index (χ2n) is 6.55. The van der Waals surface area contributed by atoms with Gasteiger partial charge in [-0.25, -0.2) is 0 Å². The molecule has 0 fully saturated rings. The standard InChI is InChI=1S/C23H28N2O3S/c1-3-28-21-13-11-20(12-14-21)25(16-4-5-17-26)23(29)24-22(27)15-10-19-8-6-18(2)7-9-19/h6-15,26H,3-5,16-17H2,1-2H3,(H,24,27,29). The molecule has 0 atom stereocenters. The van der Waals surface area contributed by atoms with Crippen LogP contribution in [-0.2, 0) is 4.79 Å². The number of thiocarbonyl (C=S) groups is 1. The van der Waals surface area contributed by atoms with Gasteiger partial charge in [0.25, 0.3) is 0 Å². The van der Waals surface area contributed by atoms with Gasteiger partial charge >= 0.3 is 0 Å². The minimum Gasteiger partial charge on any atom is -0.494 e. The maximum Gasteiger partial charge on any atom is 0.250 e. The van der Waals surface area contributed by atoms with Crippen molar-refractivity contribution < 1.29 is 14.6 Å². The van der Waals surface area contributed by atoms with Crippen LogP contribution in [0.5, 0.6) is 5.75 Å². The van der Waals surface area contributed by atoms with E-state index in [9.17, 15) is 4.79 Å². The van der Waals surface area contributed by atoms with Gasteiger partial charge in [0.15, 0.2) is 5.11 Å². The first-order valence-electron chi connectivity index (χ1n) is 9.74. The average Bonchev–Trinajstić information content (AvgIpc) is 2.72. The number of hydrogen-bond donors (Lipinski definition) is 2. The fraction of sp³-hybridized carbons (Fsp3) is 0.304. The Bertz CT molecular complexity index is 817. The Balaban J connectivity index is 2.05. The number of hydrogen-bond acceptors (Lipinski definition) is 4. The van der Waals surface area contributed by atoms with Crippen LogP contribution in [0, 0.1) is 6.92 Å². The summed E-state index contributed by atoms with van der Waals surface area (Å²) < 4.78 is 5.48. The lowest BCUT2D eigenvalue weighted by molar-refractivity contribution is -0.115. The Kier molecular flexibility index (Phi) is 9.34. The summed E-state index contributed by atoms with van der Waals surface area (Å²) in [7, 11) is 0. The van der Waals surface area contributed by atoms with Gasteiger partial charge in [-0.2, -0.15) is 0 Å². The molecular formula is C23H28N2O3S. The Hall–Kier alpha value is -2.70. The van der Waals surface area contributed by atoms with E-state index in [-0.39, 0.29) is 12.5 Å². The first-order valence-corrected chi connectivity index (χ1v) is 10.1. The van der Waals surface area contributed by atoms with Crippen LogP contribution in [0.4, 0.5) is 5.69 Å². The summed E-state index contributed by atoms with van der Waals surface area (Å²) in [5, 5.41) is 12.2. The van der Waals surface area contributed by atoms with Crippen molar-refractivity contribution >= 4 is 35.0 Å². The van der Waals surface area contributed by atoms with E-state index in [4.69, 9.17) is 22.1 Å². The molecule has 2 aromatic carbocycles. The van der Waals surface area contributed by atoms with Gasteiger partial charge in [0.1, 0.15) is 5.75 Å². The average molecular weight is 413 g/mol. The smallest absolute Gasteiger partial charge is 0.250 e. The zero-order chi connectivity index (χ0) is 21.1. The third kappa shape index (κ3) is 7.68. The van der Waals surface area contributed by atoms with Crippen LogP contribution < -0.4 is 15.0 Å². The third-order valence-electron chi connectivity index (χ3n) is 4.23. The van der Waals surface area contributed by atoms with Gasteiger partial charge in [0.05, 0.1) is 6.61 Å². The van der Waals surface area contributed by atoms with Gasteiger partial charge < -0.3 is 14.7 Å². The van der Waals surface area contributed by atoms with E-state index < -0.39 is 0 Å². The number of anilines is 1. The number of carbonyl (C=O) groups is 1. The van der Waals surface area contributed by atoms with Gasteiger partial charge in [-0.3, -0.25) is 10.1 Å². The molecule has 1 amide bonds. The summed E-state index contributed by atoms with van der Waals surface area (Å²) in [6.45, 7) is 5.26. The first kappa shape index (κ1) is 22.6. The molecule has 2 N–H and O–H groups in total. The SMILES string of the molecule is CCOc1ccc(N(CCCCO)C(=S)NC(=O)C=Cc2ccc(C)cc2)cc1. The number of amides is 1. The number of carbonyl (C=O) groups excluding carboxylic acids is 1. The van der Waals surface area contributed by atoms with Crippen LogP contribution in [0.25, 0.3) is 6.08 Å². The third-order valence-corrected chi connectivity index (χ3v) is 4.55. The molecule has 29 heavy (non-hydrogen) atoms. The van der Waals surface area contributed by atoms with E-state index in [1.54, 1.807) is 6.08 Å². The molecule has 154 valence electrons. The van der Waals surface area contributed by atoms with E-state index >= 15 is 0 Å². The number of nitrogens with one attached hydrogen (secondary N) is 1. The van der Waals surface area contributed by atoms with Crippen molar-refractivity contribution in [2.45, 2.75) is 26.7 Å². The van der Waals surface area contributed by atoms with Crippen molar-refractivity contribution in [3.8, 4) is 5.75 Å². The summed E-state index contributed by atoms with van der Waals surface area (Å²) in [5.41, 5.74) is 2.98. The predicted octanol–water partition coefficient (Wildman–Crippen LogP) is 4.09. The van der Waals surface area contributed by atoms with Gasteiger partial charge in [-0.05, 0) is 74.8 Å². The minimum atomic E-state index is -0.284. The number of aryl methyl sites for hydroxylation is 1. The molecule has 5 nitrogen and oxygen atoms in total. The zero-order valence-corrected chi connectivity index (χ0v) is 17.7. The normalized spacial score (nSPS) is 10.7. The molecule has 0 saturated carbocycles. The number of aliphatic hydroxyl groups excluding tert-OH is 1. The van der Waals surface area contributed by atoms with Crippen molar-refractivity contribution in [1.29, 1.82) is 0 Å². The summed E-state index contributed by atoms with van der Waals surface area (Å²) in [6, 6.07) is 15.5. The first-order chi connectivity index (χ1) is 14.0. The summed E-state index contributed by atoms with van der Waals surface area (Å²) >= 11 is 5.48. The van der Waals surface area contributed by atoms with E-state index in [1.807, 2.05) is 67.3 Å². The summed E-state index contributed by atoms with van der Waals surface area (Å²) in [5.74, 6) is 0.496. The fourth-order valence-corrected chi connectivity index (χ4v) is 2.98. The van der Waals surface area contributed by atoms with Crippen molar-refractivity contribution in [1.82, 2.24) is 5.32 Å². The number of nitrogens with zero attached hydrogens (tertiary/aromatic N) is 1. The molecule has 0 aromatic heterocycles. The number of rotatable bonds is 9. The molecule has 2 aromatic rings. The monoisotopic (exact) mass is 412 g/mol. The van der Waals surface area contributed by atoms with Crippen molar-refractivity contribution in [3.63, 3.8) is 0 Å². The molecule has 0 heterocycles. The maximum atomic E-state index is 12.3. The molecule has 0 aliphatic rings. The lowest BCUT2D eigenvalue weighted by Crippen LogP contribution is -2.42. The zero-order valence-electron chi connectivity index (χ0n) is 16.9. The number of ether oxygens (including phenoxy) is 1. The molecular weight excluding hydrogens is 384 g/mol. The van der Waals surface area contributed by atoms with Crippen LogP contribution >= 0.6 is 12.2 Å². The Labute approximate surface area is 178 Å². The molecule has 0 aliphatic carbocycles. The quantitative estimate of drug-likeness (QED) is 0.369. The van der Waals surface area contributed by atoms with Crippen LogP contribution in [0.2, 0.25) is 0 Å². The molecule has 0 radical (unpaired) electrons. The molecule has 0 saturated heterocycles. The summed E-state index contributed by atoms with van der Waals surface area (Å²) in [6.07, 6.45) is 4.64. The number of benzene rings is 2. The van der Waals surface area contributed by atoms with Crippen molar-refractivity contribution in [2.24, 2.45) is 0 Å². The molecule has 0 spiro atoms. The molecule has 2 rings (SSSR count). The van der Waals surface area contributed by atoms with Crippen LogP contribution in [0.15, 0.2) is 54.6 Å². The lowest BCUT2D eigenvalue weighted by Gasteiger charge is -2.25. The highest BCUT2D eigenvalue weighted by Gasteiger charge is 2.14. The largest absolute Gasteiger partial charge is 0.494 e. The highest BCUT2D eigenvalue weighted by Crippen LogP contribution is 2.20. The van der Waals surface area contributed by atoms with Gasteiger partial charge in [0, 0.05) is 24.9 Å². The Morgan fingerprint density at radius 2 is 1.83 bits per heavy atom. The van der Waals surface area contributed by atoms with Crippen LogP contribution in [0.1, 0.15) is 30.9 Å². The topological polar surface area (TPSA) is 61.8 Å². The molecule has 0 unspecified atom stereocenters. The minimum absolute atomic E-state index is 0.121. The predicted molar refractivity (Wildman–Crippen MR) is 122 cm³/mol. The fourth-order valence-electron chi connectivity index (χ4n) is 2.68. The van der Waals surface area contributed by atoms with Gasteiger partial charge in [0.2, 0.25) is 5.91 Å².